The quantitative estimate of drug-likeness (QED) is 0.752. The number of aromatic nitrogens is 3. The molecular formula is C16H15N5O2. The maximum absolute atomic E-state index is 11.7. The van der Waals surface area contributed by atoms with Gasteiger partial charge in [0.1, 0.15) is 5.75 Å². The van der Waals surface area contributed by atoms with Gasteiger partial charge in [-0.05, 0) is 24.3 Å². The molecule has 0 aliphatic rings. The average molecular weight is 309 g/mol. The number of nitrogens with two attached hydrogens (primary N) is 1. The van der Waals surface area contributed by atoms with Crippen LogP contribution in [0.5, 0.6) is 5.75 Å². The van der Waals surface area contributed by atoms with E-state index in [4.69, 9.17) is 10.5 Å². The van der Waals surface area contributed by atoms with E-state index < -0.39 is 5.91 Å². The number of primary amides is 1. The maximum atomic E-state index is 11.7. The fourth-order valence-corrected chi connectivity index (χ4v) is 2.17. The van der Waals surface area contributed by atoms with Crippen molar-refractivity contribution >= 4 is 17.5 Å². The lowest BCUT2D eigenvalue weighted by molar-refractivity contribution is 0.0988. The normalized spacial score (nSPS) is 10.3. The number of benzene rings is 2. The van der Waals surface area contributed by atoms with E-state index >= 15 is 0 Å². The SMILES string of the molecule is COc1cccc(-n2c(Nc3ccccc3)nnc2C(N)=O)c1. The van der Waals surface area contributed by atoms with Gasteiger partial charge < -0.3 is 15.8 Å². The van der Waals surface area contributed by atoms with Crippen LogP contribution in [0.3, 0.4) is 0 Å². The van der Waals surface area contributed by atoms with E-state index in [0.717, 1.165) is 5.69 Å². The Bertz CT molecular complexity index is 829. The fraction of sp³-hybridized carbons (Fsp3) is 0.0625. The molecule has 0 saturated heterocycles. The van der Waals surface area contributed by atoms with E-state index in [1.807, 2.05) is 48.5 Å². The van der Waals surface area contributed by atoms with Crippen molar-refractivity contribution in [1.82, 2.24) is 14.8 Å². The molecule has 0 bridgehead atoms. The number of ether oxygens (including phenoxy) is 1. The summed E-state index contributed by atoms with van der Waals surface area (Å²) in [5, 5.41) is 11.0. The van der Waals surface area contributed by atoms with Gasteiger partial charge in [0.05, 0.1) is 12.8 Å². The Morgan fingerprint density at radius 3 is 2.61 bits per heavy atom. The van der Waals surface area contributed by atoms with Gasteiger partial charge in [0, 0.05) is 11.8 Å². The summed E-state index contributed by atoms with van der Waals surface area (Å²) < 4.78 is 6.77. The highest BCUT2D eigenvalue weighted by Crippen LogP contribution is 2.23. The molecule has 0 fully saturated rings. The Morgan fingerprint density at radius 1 is 1.13 bits per heavy atom. The summed E-state index contributed by atoms with van der Waals surface area (Å²) in [6.45, 7) is 0. The molecule has 0 aliphatic carbocycles. The highest BCUT2D eigenvalue weighted by atomic mass is 16.5. The molecule has 1 amide bonds. The molecule has 1 aromatic heterocycles. The van der Waals surface area contributed by atoms with E-state index in [2.05, 4.69) is 15.5 Å². The second-order valence-electron chi connectivity index (χ2n) is 4.74. The van der Waals surface area contributed by atoms with E-state index in [1.165, 1.54) is 0 Å². The smallest absolute Gasteiger partial charge is 0.287 e. The predicted octanol–water partition coefficient (Wildman–Crippen LogP) is 2.12. The topological polar surface area (TPSA) is 95.1 Å². The lowest BCUT2D eigenvalue weighted by atomic mass is 10.3. The number of carbonyl (C=O) groups excluding carboxylic acids is 1. The lowest BCUT2D eigenvalue weighted by Gasteiger charge is -2.11. The monoisotopic (exact) mass is 309 g/mol. The summed E-state index contributed by atoms with van der Waals surface area (Å²) in [4.78, 5) is 11.7. The zero-order valence-corrected chi connectivity index (χ0v) is 12.4. The Labute approximate surface area is 132 Å². The van der Waals surface area contributed by atoms with Crippen LogP contribution in [0.2, 0.25) is 0 Å². The molecule has 2 aromatic carbocycles. The first kappa shape index (κ1) is 14.6. The number of nitrogens with one attached hydrogen (secondary N) is 1. The molecule has 0 atom stereocenters. The molecule has 0 aliphatic heterocycles. The summed E-state index contributed by atoms with van der Waals surface area (Å²) >= 11 is 0. The first-order chi connectivity index (χ1) is 11.2. The van der Waals surface area contributed by atoms with Gasteiger partial charge in [-0.3, -0.25) is 9.36 Å². The van der Waals surface area contributed by atoms with Crippen molar-refractivity contribution in [1.29, 1.82) is 0 Å². The third-order valence-corrected chi connectivity index (χ3v) is 3.22. The van der Waals surface area contributed by atoms with Gasteiger partial charge in [-0.2, -0.15) is 0 Å². The first-order valence-electron chi connectivity index (χ1n) is 6.91. The lowest BCUT2D eigenvalue weighted by Crippen LogP contribution is -2.18. The maximum Gasteiger partial charge on any atom is 0.287 e. The molecule has 0 unspecified atom stereocenters. The van der Waals surface area contributed by atoms with Crippen molar-refractivity contribution in [3.63, 3.8) is 0 Å². The van der Waals surface area contributed by atoms with Gasteiger partial charge in [0.15, 0.2) is 0 Å². The van der Waals surface area contributed by atoms with Crippen LogP contribution in [-0.4, -0.2) is 27.8 Å². The summed E-state index contributed by atoms with van der Waals surface area (Å²) in [7, 11) is 1.57. The third kappa shape index (κ3) is 2.98. The minimum atomic E-state index is -0.665. The number of carbonyl (C=O) groups is 1. The van der Waals surface area contributed by atoms with Crippen LogP contribution in [0.4, 0.5) is 11.6 Å². The van der Waals surface area contributed by atoms with Crippen molar-refractivity contribution in [2.24, 2.45) is 5.73 Å². The number of hydrogen-bond donors (Lipinski definition) is 2. The molecule has 7 heteroatoms. The molecule has 3 rings (SSSR count). The second kappa shape index (κ2) is 6.18. The standard InChI is InChI=1S/C16H15N5O2/c1-23-13-9-5-8-12(10-13)21-15(14(17)22)19-20-16(21)18-11-6-3-2-4-7-11/h2-10H,1H3,(H2,17,22)(H,18,20). The number of hydrogen-bond acceptors (Lipinski definition) is 5. The molecule has 0 radical (unpaired) electrons. The molecule has 3 aromatic rings. The zero-order valence-electron chi connectivity index (χ0n) is 12.4. The average Bonchev–Trinajstić information content (AvgIpc) is 2.99. The molecular weight excluding hydrogens is 294 g/mol. The second-order valence-corrected chi connectivity index (χ2v) is 4.74. The van der Waals surface area contributed by atoms with Crippen LogP contribution in [-0.2, 0) is 0 Å². The largest absolute Gasteiger partial charge is 0.497 e. The summed E-state index contributed by atoms with van der Waals surface area (Å²) in [5.41, 5.74) is 6.90. The number of amides is 1. The number of anilines is 2. The molecule has 7 nitrogen and oxygen atoms in total. The molecule has 3 N–H and O–H groups in total. The highest BCUT2D eigenvalue weighted by Gasteiger charge is 2.18. The van der Waals surface area contributed by atoms with Gasteiger partial charge in [0.25, 0.3) is 5.91 Å². The van der Waals surface area contributed by atoms with Crippen molar-refractivity contribution in [3.05, 3.63) is 60.4 Å². The first-order valence-corrected chi connectivity index (χ1v) is 6.91. The number of para-hydroxylation sites is 1. The Hall–Kier alpha value is -3.35. The fourth-order valence-electron chi connectivity index (χ4n) is 2.17. The third-order valence-electron chi connectivity index (χ3n) is 3.22. The van der Waals surface area contributed by atoms with Gasteiger partial charge in [-0.25, -0.2) is 0 Å². The Balaban J connectivity index is 2.09. The number of methoxy groups -OCH3 is 1. The van der Waals surface area contributed by atoms with Crippen LogP contribution in [0.1, 0.15) is 10.6 Å². The van der Waals surface area contributed by atoms with Crippen LogP contribution >= 0.6 is 0 Å². The van der Waals surface area contributed by atoms with E-state index in [-0.39, 0.29) is 5.82 Å². The minimum Gasteiger partial charge on any atom is -0.497 e. The predicted molar refractivity (Wildman–Crippen MR) is 86.2 cm³/mol. The van der Waals surface area contributed by atoms with Gasteiger partial charge in [0.2, 0.25) is 11.8 Å². The minimum absolute atomic E-state index is 0.0386. The van der Waals surface area contributed by atoms with Gasteiger partial charge in [-0.1, -0.05) is 24.3 Å². The molecule has 1 heterocycles. The molecule has 0 spiro atoms. The van der Waals surface area contributed by atoms with Gasteiger partial charge >= 0.3 is 0 Å². The van der Waals surface area contributed by atoms with E-state index in [9.17, 15) is 4.79 Å². The van der Waals surface area contributed by atoms with Crippen LogP contribution < -0.4 is 15.8 Å². The molecule has 23 heavy (non-hydrogen) atoms. The van der Waals surface area contributed by atoms with E-state index in [1.54, 1.807) is 17.7 Å². The molecule has 0 saturated carbocycles. The van der Waals surface area contributed by atoms with Crippen molar-refractivity contribution in [2.75, 3.05) is 12.4 Å². The summed E-state index contributed by atoms with van der Waals surface area (Å²) in [6, 6.07) is 16.7. The van der Waals surface area contributed by atoms with Crippen molar-refractivity contribution < 1.29 is 9.53 Å². The molecule has 116 valence electrons. The van der Waals surface area contributed by atoms with Crippen LogP contribution in [0.25, 0.3) is 5.69 Å². The van der Waals surface area contributed by atoms with Crippen LogP contribution in [0, 0.1) is 0 Å². The Kier molecular flexibility index (Phi) is 3.92. The Morgan fingerprint density at radius 2 is 1.91 bits per heavy atom. The zero-order chi connectivity index (χ0) is 16.2. The van der Waals surface area contributed by atoms with Crippen molar-refractivity contribution in [3.8, 4) is 11.4 Å². The summed E-state index contributed by atoms with van der Waals surface area (Å²) in [6.07, 6.45) is 0. The summed E-state index contributed by atoms with van der Waals surface area (Å²) in [5.74, 6) is 0.411. The number of rotatable bonds is 5. The highest BCUT2D eigenvalue weighted by molar-refractivity contribution is 5.90. The van der Waals surface area contributed by atoms with E-state index in [0.29, 0.717) is 17.4 Å². The number of nitrogens with zero attached hydrogens (tertiary/aromatic N) is 3. The van der Waals surface area contributed by atoms with Gasteiger partial charge in [-0.15, -0.1) is 10.2 Å². The van der Waals surface area contributed by atoms with Crippen molar-refractivity contribution in [2.45, 2.75) is 0 Å². The van der Waals surface area contributed by atoms with Crippen LogP contribution in [0.15, 0.2) is 54.6 Å².